The summed E-state index contributed by atoms with van der Waals surface area (Å²) in [7, 11) is 0. The second-order valence-electron chi connectivity index (χ2n) is 4.77. The second-order valence-corrected chi connectivity index (χ2v) is 4.77. The van der Waals surface area contributed by atoms with E-state index in [4.69, 9.17) is 20.9 Å². The molecule has 4 N–H and O–H groups in total. The van der Waals surface area contributed by atoms with E-state index < -0.39 is 5.97 Å². The van der Waals surface area contributed by atoms with Crippen molar-refractivity contribution in [2.24, 2.45) is 0 Å². The van der Waals surface area contributed by atoms with Gasteiger partial charge in [-0.1, -0.05) is 13.3 Å². The van der Waals surface area contributed by atoms with E-state index in [1.165, 1.54) is 0 Å². The largest absolute Gasteiger partial charge is 0.494 e. The van der Waals surface area contributed by atoms with Crippen LogP contribution in [0.2, 0.25) is 0 Å². The van der Waals surface area contributed by atoms with Crippen LogP contribution < -0.4 is 16.2 Å². The summed E-state index contributed by atoms with van der Waals surface area (Å²) in [5.74, 6) is 0.382. The molecule has 2 rings (SSSR count). The maximum Gasteiger partial charge on any atom is 0.338 e. The fourth-order valence-corrected chi connectivity index (χ4v) is 1.76. The van der Waals surface area contributed by atoms with Crippen LogP contribution in [0.15, 0.2) is 24.3 Å². The number of nitrogen functional groups attached to an aromatic ring is 2. The molecule has 0 atom stereocenters. The minimum atomic E-state index is -0.498. The minimum Gasteiger partial charge on any atom is -0.494 e. The molecule has 0 amide bonds. The van der Waals surface area contributed by atoms with Gasteiger partial charge in [-0.15, -0.1) is 0 Å². The van der Waals surface area contributed by atoms with Gasteiger partial charge in [0.05, 0.1) is 12.2 Å². The Morgan fingerprint density at radius 3 is 2.35 bits per heavy atom. The topological polar surface area (TPSA) is 126 Å². The van der Waals surface area contributed by atoms with Crippen molar-refractivity contribution in [3.8, 4) is 5.75 Å². The normalized spacial score (nSPS) is 10.3. The van der Waals surface area contributed by atoms with E-state index in [1.807, 2.05) is 0 Å². The fourth-order valence-electron chi connectivity index (χ4n) is 1.76. The lowest BCUT2D eigenvalue weighted by molar-refractivity contribution is 0.0462. The monoisotopic (exact) mass is 317 g/mol. The molecule has 0 fully saturated rings. The number of benzene rings is 1. The van der Waals surface area contributed by atoms with Gasteiger partial charge < -0.3 is 20.9 Å². The number of anilines is 2. The van der Waals surface area contributed by atoms with Crippen molar-refractivity contribution in [2.45, 2.75) is 26.4 Å². The van der Waals surface area contributed by atoms with Gasteiger partial charge in [-0.25, -0.2) is 4.79 Å². The maximum atomic E-state index is 12.0. The molecule has 0 spiro atoms. The molecule has 8 heteroatoms. The lowest BCUT2D eigenvalue weighted by Gasteiger charge is -2.07. The Morgan fingerprint density at radius 2 is 1.74 bits per heavy atom. The van der Waals surface area contributed by atoms with Crippen LogP contribution in [-0.2, 0) is 11.3 Å². The summed E-state index contributed by atoms with van der Waals surface area (Å²) in [4.78, 5) is 23.3. The van der Waals surface area contributed by atoms with Gasteiger partial charge in [0.15, 0.2) is 12.4 Å². The van der Waals surface area contributed by atoms with Crippen LogP contribution in [0, 0.1) is 0 Å². The average molecular weight is 317 g/mol. The summed E-state index contributed by atoms with van der Waals surface area (Å²) in [5, 5.41) is 0. The van der Waals surface area contributed by atoms with Crippen LogP contribution in [0.3, 0.4) is 0 Å². The maximum absolute atomic E-state index is 12.0. The first-order valence-electron chi connectivity index (χ1n) is 7.24. The lowest BCUT2D eigenvalue weighted by Crippen LogP contribution is -2.11. The van der Waals surface area contributed by atoms with Crippen molar-refractivity contribution in [2.75, 3.05) is 18.1 Å². The number of hydrogen-bond donors (Lipinski definition) is 2. The molecule has 0 aliphatic carbocycles. The number of aromatic nitrogens is 3. The molecule has 0 aliphatic rings. The van der Waals surface area contributed by atoms with Crippen molar-refractivity contribution in [3.63, 3.8) is 0 Å². The lowest BCUT2D eigenvalue weighted by atomic mass is 10.2. The summed E-state index contributed by atoms with van der Waals surface area (Å²) in [6.07, 6.45) is 2.05. The van der Waals surface area contributed by atoms with E-state index >= 15 is 0 Å². The van der Waals surface area contributed by atoms with E-state index in [0.29, 0.717) is 17.9 Å². The first-order chi connectivity index (χ1) is 11.1. The molecule has 1 heterocycles. The van der Waals surface area contributed by atoms with Crippen molar-refractivity contribution in [3.05, 3.63) is 35.7 Å². The number of nitrogens with two attached hydrogens (primary N) is 2. The van der Waals surface area contributed by atoms with Crippen LogP contribution in [-0.4, -0.2) is 27.5 Å². The Bertz CT molecular complexity index is 640. The Balaban J connectivity index is 1.90. The molecule has 1 aromatic heterocycles. The van der Waals surface area contributed by atoms with Gasteiger partial charge in [0.25, 0.3) is 0 Å². The SMILES string of the molecule is CCCCOc1ccc(C(=O)OCc2nc(N)nc(N)n2)cc1. The number of nitrogens with zero attached hydrogens (tertiary/aromatic N) is 3. The molecular weight excluding hydrogens is 298 g/mol. The quantitative estimate of drug-likeness (QED) is 0.582. The van der Waals surface area contributed by atoms with E-state index in [2.05, 4.69) is 21.9 Å². The first-order valence-corrected chi connectivity index (χ1v) is 7.24. The fraction of sp³-hybridized carbons (Fsp3) is 0.333. The second kappa shape index (κ2) is 7.92. The predicted molar refractivity (Wildman–Crippen MR) is 84.6 cm³/mol. The first kappa shape index (κ1) is 16.5. The van der Waals surface area contributed by atoms with Gasteiger partial charge >= 0.3 is 5.97 Å². The number of carbonyl (C=O) groups is 1. The molecule has 0 bridgehead atoms. The third-order valence-electron chi connectivity index (χ3n) is 2.91. The Kier molecular flexibility index (Phi) is 5.67. The van der Waals surface area contributed by atoms with Crippen molar-refractivity contribution < 1.29 is 14.3 Å². The summed E-state index contributed by atoms with van der Waals surface area (Å²) in [6, 6.07) is 6.73. The molecule has 0 radical (unpaired) electrons. The third-order valence-corrected chi connectivity index (χ3v) is 2.91. The Hall–Kier alpha value is -2.90. The van der Waals surface area contributed by atoms with E-state index in [1.54, 1.807) is 24.3 Å². The summed E-state index contributed by atoms with van der Waals surface area (Å²) in [6.45, 7) is 2.61. The van der Waals surface area contributed by atoms with E-state index in [0.717, 1.165) is 12.8 Å². The number of unbranched alkanes of at least 4 members (excludes halogenated alkanes) is 1. The Labute approximate surface area is 133 Å². The molecule has 2 aromatic rings. The molecular formula is C15H19N5O3. The van der Waals surface area contributed by atoms with Crippen molar-refractivity contribution >= 4 is 17.9 Å². The number of rotatable bonds is 7. The highest BCUT2D eigenvalue weighted by atomic mass is 16.5. The number of ether oxygens (including phenoxy) is 2. The smallest absolute Gasteiger partial charge is 0.338 e. The van der Waals surface area contributed by atoms with Crippen molar-refractivity contribution in [1.29, 1.82) is 0 Å². The molecule has 0 saturated heterocycles. The highest BCUT2D eigenvalue weighted by Gasteiger charge is 2.10. The van der Waals surface area contributed by atoms with Crippen LogP contribution in [0.4, 0.5) is 11.9 Å². The average Bonchev–Trinajstić information content (AvgIpc) is 2.53. The third kappa shape index (κ3) is 5.10. The Morgan fingerprint density at radius 1 is 1.09 bits per heavy atom. The van der Waals surface area contributed by atoms with Crippen LogP contribution >= 0.6 is 0 Å². The molecule has 0 saturated carbocycles. The van der Waals surface area contributed by atoms with Crippen LogP contribution in [0.25, 0.3) is 0 Å². The van der Waals surface area contributed by atoms with Gasteiger partial charge in [0, 0.05) is 0 Å². The molecule has 1 aromatic carbocycles. The van der Waals surface area contributed by atoms with Crippen molar-refractivity contribution in [1.82, 2.24) is 15.0 Å². The molecule has 0 unspecified atom stereocenters. The van der Waals surface area contributed by atoms with Gasteiger partial charge in [-0.2, -0.15) is 15.0 Å². The molecule has 0 aliphatic heterocycles. The van der Waals surface area contributed by atoms with Gasteiger partial charge in [0.1, 0.15) is 5.75 Å². The summed E-state index contributed by atoms with van der Waals surface area (Å²) < 4.78 is 10.6. The zero-order valence-electron chi connectivity index (χ0n) is 12.9. The van der Waals surface area contributed by atoms with E-state index in [-0.39, 0.29) is 24.3 Å². The highest BCUT2D eigenvalue weighted by molar-refractivity contribution is 5.89. The predicted octanol–water partition coefficient (Wildman–Crippen LogP) is 1.57. The molecule has 122 valence electrons. The van der Waals surface area contributed by atoms with Gasteiger partial charge in [0.2, 0.25) is 11.9 Å². The molecule has 23 heavy (non-hydrogen) atoms. The number of carbonyl (C=O) groups excluding carboxylic acids is 1. The molecule has 8 nitrogen and oxygen atoms in total. The van der Waals surface area contributed by atoms with E-state index in [9.17, 15) is 4.79 Å². The standard InChI is InChI=1S/C15H19N5O3/c1-2-3-8-22-11-6-4-10(5-7-11)13(21)23-9-12-18-14(16)20-15(17)19-12/h4-7H,2-3,8-9H2,1H3,(H4,16,17,18,19,20). The summed E-state index contributed by atoms with van der Waals surface area (Å²) in [5.41, 5.74) is 11.3. The number of hydrogen-bond acceptors (Lipinski definition) is 8. The van der Waals surface area contributed by atoms with Gasteiger partial charge in [-0.05, 0) is 30.7 Å². The summed E-state index contributed by atoms with van der Waals surface area (Å²) >= 11 is 0. The van der Waals surface area contributed by atoms with Crippen LogP contribution in [0.5, 0.6) is 5.75 Å². The number of esters is 1. The zero-order chi connectivity index (χ0) is 16.7. The zero-order valence-corrected chi connectivity index (χ0v) is 12.9. The minimum absolute atomic E-state index is 0.0165. The highest BCUT2D eigenvalue weighted by Crippen LogP contribution is 2.14. The van der Waals surface area contributed by atoms with Gasteiger partial charge in [-0.3, -0.25) is 0 Å². The van der Waals surface area contributed by atoms with Crippen LogP contribution in [0.1, 0.15) is 35.9 Å².